The lowest BCUT2D eigenvalue weighted by atomic mass is 9.90. The van der Waals surface area contributed by atoms with Gasteiger partial charge in [0.2, 0.25) is 0 Å². The van der Waals surface area contributed by atoms with E-state index in [1.807, 2.05) is 0 Å². The fraction of sp³-hybridized carbons (Fsp3) is 0.500. The molecule has 3 N–H and O–H groups in total. The molecule has 1 aromatic carbocycles. The number of hydrogen-bond donors (Lipinski definition) is 3. The number of nitrogens with one attached hydrogen (secondary N) is 3. The van der Waals surface area contributed by atoms with Gasteiger partial charge >= 0.3 is 11.8 Å². The molecule has 0 spiro atoms. The molecule has 2 heterocycles. The van der Waals surface area contributed by atoms with Gasteiger partial charge in [-0.05, 0) is 55.9 Å². The lowest BCUT2D eigenvalue weighted by Gasteiger charge is -2.21. The number of Topliss-reactive ketones (excluding diaryl/α,β-unsaturated/α-hetero) is 1. The number of hydrogen-bond acceptors (Lipinski definition) is 4. The summed E-state index contributed by atoms with van der Waals surface area (Å²) in [6.45, 7) is 0. The van der Waals surface area contributed by atoms with Crippen molar-refractivity contribution in [2.45, 2.75) is 56.7 Å². The summed E-state index contributed by atoms with van der Waals surface area (Å²) < 4.78 is 0. The van der Waals surface area contributed by atoms with Crippen molar-refractivity contribution in [3.05, 3.63) is 29.3 Å². The Labute approximate surface area is 140 Å². The van der Waals surface area contributed by atoms with Gasteiger partial charge in [-0.3, -0.25) is 14.4 Å². The maximum Gasteiger partial charge on any atom is 0.313 e. The molecule has 126 valence electrons. The number of ketones is 1. The first-order chi connectivity index (χ1) is 11.6. The largest absolute Gasteiger partial charge is 0.343 e. The Balaban J connectivity index is 1.39. The topological polar surface area (TPSA) is 87.3 Å². The first kappa shape index (κ1) is 15.3. The van der Waals surface area contributed by atoms with Gasteiger partial charge in [-0.15, -0.1) is 0 Å². The van der Waals surface area contributed by atoms with Crippen LogP contribution in [0.1, 0.15) is 48.0 Å². The van der Waals surface area contributed by atoms with Crippen LogP contribution in [0.2, 0.25) is 0 Å². The number of benzene rings is 1. The molecule has 3 aliphatic rings. The van der Waals surface area contributed by atoms with Gasteiger partial charge in [-0.2, -0.15) is 0 Å². The molecule has 1 aromatic rings. The van der Waals surface area contributed by atoms with E-state index in [-0.39, 0.29) is 11.8 Å². The molecule has 0 unspecified atom stereocenters. The quantitative estimate of drug-likeness (QED) is 0.711. The van der Waals surface area contributed by atoms with E-state index in [4.69, 9.17) is 0 Å². The molecule has 0 radical (unpaired) electrons. The molecule has 24 heavy (non-hydrogen) atoms. The third-order valence-electron chi connectivity index (χ3n) is 5.34. The molecule has 2 aliphatic heterocycles. The van der Waals surface area contributed by atoms with E-state index in [1.165, 1.54) is 0 Å². The van der Waals surface area contributed by atoms with Crippen molar-refractivity contribution in [3.8, 4) is 0 Å². The van der Waals surface area contributed by atoms with Crippen molar-refractivity contribution in [1.29, 1.82) is 0 Å². The molecular weight excluding hydrogens is 306 g/mol. The highest BCUT2D eigenvalue weighted by Crippen LogP contribution is 2.28. The fourth-order valence-corrected chi connectivity index (χ4v) is 4.13. The highest BCUT2D eigenvalue weighted by molar-refractivity contribution is 6.39. The molecular formula is C18H21N3O3. The molecule has 2 saturated heterocycles. The summed E-state index contributed by atoms with van der Waals surface area (Å²) in [5.74, 6) is -1.10. The van der Waals surface area contributed by atoms with E-state index in [2.05, 4.69) is 16.0 Å². The molecule has 2 amide bonds. The Morgan fingerprint density at radius 3 is 2.75 bits per heavy atom. The molecule has 2 bridgehead atoms. The van der Waals surface area contributed by atoms with Crippen molar-refractivity contribution >= 4 is 23.3 Å². The van der Waals surface area contributed by atoms with Crippen molar-refractivity contribution < 1.29 is 14.4 Å². The SMILES string of the molecule is O=C(Nc1ccc2c(c1)CCCC2=O)C(=O)N[C@@H]1C[C@@H]2CC[C@H]1N2. The maximum absolute atomic E-state index is 12.1. The number of anilines is 1. The predicted molar refractivity (Wildman–Crippen MR) is 88.8 cm³/mol. The summed E-state index contributed by atoms with van der Waals surface area (Å²) >= 11 is 0. The van der Waals surface area contributed by atoms with Gasteiger partial charge in [0.05, 0.1) is 0 Å². The van der Waals surface area contributed by atoms with Gasteiger partial charge in [-0.25, -0.2) is 0 Å². The van der Waals surface area contributed by atoms with Crippen molar-refractivity contribution in [2.75, 3.05) is 5.32 Å². The van der Waals surface area contributed by atoms with Crippen molar-refractivity contribution in [3.63, 3.8) is 0 Å². The molecule has 3 atom stereocenters. The Kier molecular flexibility index (Phi) is 3.84. The molecule has 6 heteroatoms. The maximum atomic E-state index is 12.1. The van der Waals surface area contributed by atoms with E-state index >= 15 is 0 Å². The Hall–Kier alpha value is -2.21. The number of carbonyl (C=O) groups excluding carboxylic acids is 3. The lowest BCUT2D eigenvalue weighted by molar-refractivity contribution is -0.136. The molecule has 0 saturated carbocycles. The van der Waals surface area contributed by atoms with Crippen molar-refractivity contribution in [1.82, 2.24) is 10.6 Å². The minimum absolute atomic E-state index is 0.0446. The summed E-state index contributed by atoms with van der Waals surface area (Å²) in [5.41, 5.74) is 2.24. The number of carbonyl (C=O) groups is 3. The van der Waals surface area contributed by atoms with Crippen molar-refractivity contribution in [2.24, 2.45) is 0 Å². The summed E-state index contributed by atoms with van der Waals surface area (Å²) in [5, 5.41) is 8.91. The van der Waals surface area contributed by atoms with Crippen LogP contribution in [0.4, 0.5) is 5.69 Å². The highest BCUT2D eigenvalue weighted by Gasteiger charge is 2.40. The standard InChI is InChI=1S/C18H21N3O3/c22-16-3-1-2-10-8-11(4-6-13(10)16)20-17(23)18(24)21-15-9-12-5-7-14(15)19-12/h4,6,8,12,14-15,19H,1-3,5,7,9H2,(H,20,23)(H,21,24)/t12-,14+,15+/m0/s1. The zero-order valence-electron chi connectivity index (χ0n) is 13.4. The lowest BCUT2D eigenvalue weighted by Crippen LogP contribution is -2.47. The van der Waals surface area contributed by atoms with Crippen LogP contribution >= 0.6 is 0 Å². The van der Waals surface area contributed by atoms with Crippen LogP contribution in [0.3, 0.4) is 0 Å². The molecule has 1 aliphatic carbocycles. The van der Waals surface area contributed by atoms with E-state index < -0.39 is 11.8 Å². The predicted octanol–water partition coefficient (Wildman–Crippen LogP) is 1.15. The van der Waals surface area contributed by atoms with E-state index in [9.17, 15) is 14.4 Å². The molecule has 0 aromatic heterocycles. The third kappa shape index (κ3) is 2.82. The number of aryl methyl sites for hydroxylation is 1. The van der Waals surface area contributed by atoms with Crippen LogP contribution in [0, 0.1) is 0 Å². The molecule has 2 fully saturated rings. The highest BCUT2D eigenvalue weighted by atomic mass is 16.2. The van der Waals surface area contributed by atoms with Crippen LogP contribution in [0.25, 0.3) is 0 Å². The molecule has 4 rings (SSSR count). The summed E-state index contributed by atoms with van der Waals surface area (Å²) in [6.07, 6.45) is 5.34. The first-order valence-corrected chi connectivity index (χ1v) is 8.64. The van der Waals surface area contributed by atoms with Crippen LogP contribution in [0.15, 0.2) is 18.2 Å². The van der Waals surface area contributed by atoms with Crippen LogP contribution < -0.4 is 16.0 Å². The average Bonchev–Trinajstić information content (AvgIpc) is 3.17. The van der Waals surface area contributed by atoms with Gasteiger partial charge in [-0.1, -0.05) is 0 Å². The van der Waals surface area contributed by atoms with Gasteiger partial charge in [0.25, 0.3) is 0 Å². The van der Waals surface area contributed by atoms with Gasteiger partial charge in [0.15, 0.2) is 5.78 Å². The second kappa shape index (κ2) is 6.02. The Bertz CT molecular complexity index is 715. The minimum Gasteiger partial charge on any atom is -0.343 e. The Morgan fingerprint density at radius 1 is 1.12 bits per heavy atom. The average molecular weight is 327 g/mol. The van der Waals surface area contributed by atoms with Gasteiger partial charge in [0, 0.05) is 35.8 Å². The van der Waals surface area contributed by atoms with Crippen LogP contribution in [-0.4, -0.2) is 35.7 Å². The first-order valence-electron chi connectivity index (χ1n) is 8.64. The normalized spacial score (nSPS) is 27.7. The van der Waals surface area contributed by atoms with Gasteiger partial charge in [0.1, 0.15) is 0 Å². The zero-order chi connectivity index (χ0) is 16.7. The van der Waals surface area contributed by atoms with Crippen LogP contribution in [-0.2, 0) is 16.0 Å². The second-order valence-corrected chi connectivity index (χ2v) is 6.97. The smallest absolute Gasteiger partial charge is 0.313 e. The van der Waals surface area contributed by atoms with E-state index in [0.29, 0.717) is 24.2 Å². The van der Waals surface area contributed by atoms with Crippen LogP contribution in [0.5, 0.6) is 0 Å². The summed E-state index contributed by atoms with van der Waals surface area (Å²) in [7, 11) is 0. The monoisotopic (exact) mass is 327 g/mol. The van der Waals surface area contributed by atoms with E-state index in [0.717, 1.165) is 43.2 Å². The number of rotatable bonds is 2. The fourth-order valence-electron chi connectivity index (χ4n) is 4.13. The minimum atomic E-state index is -0.653. The summed E-state index contributed by atoms with van der Waals surface area (Å²) in [4.78, 5) is 36.1. The second-order valence-electron chi connectivity index (χ2n) is 6.97. The number of fused-ring (bicyclic) bond motifs is 3. The third-order valence-corrected chi connectivity index (χ3v) is 5.34. The molecule has 6 nitrogen and oxygen atoms in total. The Morgan fingerprint density at radius 2 is 2.00 bits per heavy atom. The number of amides is 2. The van der Waals surface area contributed by atoms with E-state index in [1.54, 1.807) is 18.2 Å². The van der Waals surface area contributed by atoms with Gasteiger partial charge < -0.3 is 16.0 Å². The summed E-state index contributed by atoms with van der Waals surface area (Å²) in [6, 6.07) is 6.04. The zero-order valence-corrected chi connectivity index (χ0v) is 13.4.